The Kier molecular flexibility index (Phi) is 6.03. The number of rotatable bonds is 5. The van der Waals surface area contributed by atoms with Crippen molar-refractivity contribution >= 4 is 27.7 Å². The quantitative estimate of drug-likeness (QED) is 0.614. The number of carbonyl (C=O) groups is 2. The zero-order valence-corrected chi connectivity index (χ0v) is 16.4. The van der Waals surface area contributed by atoms with E-state index in [1.807, 2.05) is 37.3 Å². The Morgan fingerprint density at radius 1 is 1.00 bits per heavy atom. The molecule has 0 radical (unpaired) electrons. The summed E-state index contributed by atoms with van der Waals surface area (Å²) >= 11 is 3.32. The molecule has 7 heteroatoms. The number of aromatic nitrogens is 2. The van der Waals surface area contributed by atoms with Gasteiger partial charge in [-0.1, -0.05) is 53.2 Å². The molecule has 3 rings (SSSR count). The largest absolute Gasteiger partial charge is 0.273 e. The van der Waals surface area contributed by atoms with Gasteiger partial charge in [-0.2, -0.15) is 5.10 Å². The first-order valence-electron chi connectivity index (χ1n) is 8.53. The van der Waals surface area contributed by atoms with Crippen molar-refractivity contribution in [3.05, 3.63) is 87.7 Å². The van der Waals surface area contributed by atoms with Gasteiger partial charge in [0.05, 0.1) is 24.0 Å². The molecule has 3 aromatic rings. The van der Waals surface area contributed by atoms with Gasteiger partial charge >= 0.3 is 0 Å². The first-order chi connectivity index (χ1) is 13.1. The van der Waals surface area contributed by atoms with Crippen LogP contribution < -0.4 is 10.9 Å². The Morgan fingerprint density at radius 3 is 2.33 bits per heavy atom. The highest BCUT2D eigenvalue weighted by Crippen LogP contribution is 2.13. The average Bonchev–Trinajstić information content (AvgIpc) is 3.09. The van der Waals surface area contributed by atoms with E-state index in [1.165, 1.54) is 6.20 Å². The fourth-order valence-corrected chi connectivity index (χ4v) is 2.98. The second-order valence-electron chi connectivity index (χ2n) is 5.92. The molecule has 6 nitrogen and oxygen atoms in total. The van der Waals surface area contributed by atoms with Crippen molar-refractivity contribution in [2.24, 2.45) is 0 Å². The molecule has 1 heterocycles. The number of benzene rings is 2. The van der Waals surface area contributed by atoms with Crippen LogP contribution in [0.25, 0.3) is 0 Å². The van der Waals surface area contributed by atoms with Gasteiger partial charge < -0.3 is 0 Å². The summed E-state index contributed by atoms with van der Waals surface area (Å²) in [5, 5.41) is 4.34. The molecule has 27 heavy (non-hydrogen) atoms. The van der Waals surface area contributed by atoms with Crippen LogP contribution in [0.1, 0.15) is 38.9 Å². The van der Waals surface area contributed by atoms with Gasteiger partial charge in [0, 0.05) is 10.0 Å². The highest BCUT2D eigenvalue weighted by molar-refractivity contribution is 9.10. The molecule has 0 aliphatic heterocycles. The van der Waals surface area contributed by atoms with E-state index in [-0.39, 0.29) is 5.91 Å². The van der Waals surface area contributed by atoms with Crippen molar-refractivity contribution in [2.45, 2.75) is 19.9 Å². The number of carbonyl (C=O) groups excluding carboxylic acids is 2. The number of halogens is 1. The number of nitrogens with one attached hydrogen (secondary N) is 2. The molecule has 0 unspecified atom stereocenters. The molecular formula is C20H19BrN4O2. The Hall–Kier alpha value is -2.93. The lowest BCUT2D eigenvalue weighted by atomic mass is 10.2. The molecule has 2 N–H and O–H groups in total. The molecule has 0 atom stereocenters. The van der Waals surface area contributed by atoms with E-state index in [2.05, 4.69) is 31.9 Å². The van der Waals surface area contributed by atoms with Crippen LogP contribution in [-0.4, -0.2) is 21.6 Å². The predicted octanol–water partition coefficient (Wildman–Crippen LogP) is 3.33. The maximum Gasteiger partial charge on any atom is 0.273 e. The minimum absolute atomic E-state index is 0.384. The first-order valence-corrected chi connectivity index (χ1v) is 9.32. The monoisotopic (exact) mass is 426 g/mol. The summed E-state index contributed by atoms with van der Waals surface area (Å²) in [5.41, 5.74) is 7.71. The van der Waals surface area contributed by atoms with Crippen LogP contribution in [0.2, 0.25) is 0 Å². The number of hydrogen-bond acceptors (Lipinski definition) is 3. The van der Waals surface area contributed by atoms with Crippen LogP contribution in [-0.2, 0) is 13.0 Å². The fraction of sp³-hybridized carbons (Fsp3) is 0.150. The topological polar surface area (TPSA) is 76.0 Å². The van der Waals surface area contributed by atoms with E-state index in [9.17, 15) is 9.59 Å². The highest BCUT2D eigenvalue weighted by Gasteiger charge is 2.17. The van der Waals surface area contributed by atoms with Crippen LogP contribution >= 0.6 is 15.9 Å². The Morgan fingerprint density at radius 2 is 1.67 bits per heavy atom. The van der Waals surface area contributed by atoms with Crippen LogP contribution in [0.15, 0.2) is 65.3 Å². The van der Waals surface area contributed by atoms with Gasteiger partial charge in [-0.15, -0.1) is 0 Å². The molecular weight excluding hydrogens is 408 g/mol. The van der Waals surface area contributed by atoms with Gasteiger partial charge in [-0.3, -0.25) is 25.1 Å². The van der Waals surface area contributed by atoms with Crippen LogP contribution in [0.4, 0.5) is 0 Å². The molecule has 0 bridgehead atoms. The zero-order valence-electron chi connectivity index (χ0n) is 14.8. The van der Waals surface area contributed by atoms with E-state index in [0.29, 0.717) is 24.1 Å². The molecule has 0 aliphatic carbocycles. The number of nitrogens with zero attached hydrogens (tertiary/aromatic N) is 2. The minimum atomic E-state index is -0.392. The summed E-state index contributed by atoms with van der Waals surface area (Å²) in [4.78, 5) is 24.6. The molecule has 0 saturated heterocycles. The molecule has 138 valence electrons. The summed E-state index contributed by atoms with van der Waals surface area (Å²) in [6.07, 6.45) is 2.18. The lowest BCUT2D eigenvalue weighted by molar-refractivity contribution is 0.0846. The molecule has 1 aromatic heterocycles. The molecule has 0 saturated carbocycles. The van der Waals surface area contributed by atoms with Gasteiger partial charge in [0.2, 0.25) is 0 Å². The Bertz CT molecular complexity index is 936. The van der Waals surface area contributed by atoms with E-state index in [1.54, 1.807) is 28.9 Å². The van der Waals surface area contributed by atoms with Crippen molar-refractivity contribution in [3.8, 4) is 0 Å². The van der Waals surface area contributed by atoms with Gasteiger partial charge in [0.1, 0.15) is 0 Å². The second-order valence-corrected chi connectivity index (χ2v) is 6.83. The molecule has 0 fully saturated rings. The molecule has 2 aromatic carbocycles. The predicted molar refractivity (Wildman–Crippen MR) is 106 cm³/mol. The number of amides is 2. The van der Waals surface area contributed by atoms with Crippen LogP contribution in [0.3, 0.4) is 0 Å². The van der Waals surface area contributed by atoms with E-state index >= 15 is 0 Å². The second kappa shape index (κ2) is 8.64. The number of hydrazine groups is 1. The van der Waals surface area contributed by atoms with Crippen molar-refractivity contribution in [1.82, 2.24) is 20.6 Å². The highest BCUT2D eigenvalue weighted by atomic mass is 79.9. The molecule has 0 aliphatic rings. The molecule has 2 amide bonds. The van der Waals surface area contributed by atoms with Gasteiger partial charge in [-0.05, 0) is 36.2 Å². The smallest absolute Gasteiger partial charge is 0.267 e. The van der Waals surface area contributed by atoms with E-state index in [4.69, 9.17) is 0 Å². The van der Waals surface area contributed by atoms with Crippen LogP contribution in [0, 0.1) is 0 Å². The summed E-state index contributed by atoms with van der Waals surface area (Å²) in [7, 11) is 0. The first kappa shape index (κ1) is 18.8. The molecule has 0 spiro atoms. The summed E-state index contributed by atoms with van der Waals surface area (Å²) in [5.74, 6) is -0.776. The van der Waals surface area contributed by atoms with Crippen molar-refractivity contribution < 1.29 is 9.59 Å². The van der Waals surface area contributed by atoms with E-state index in [0.717, 1.165) is 15.7 Å². The third-order valence-corrected chi connectivity index (χ3v) is 4.63. The SMILES string of the molecule is CCc1c(C(=O)NNC(=O)c2ccc(Br)cc2)cnn1Cc1ccccc1. The third kappa shape index (κ3) is 4.62. The Labute approximate surface area is 165 Å². The standard InChI is InChI=1S/C20H19BrN4O2/c1-2-18-17(12-22-25(18)13-14-6-4-3-5-7-14)20(27)24-23-19(26)15-8-10-16(21)11-9-15/h3-12H,2,13H2,1H3,(H,23,26)(H,24,27). The minimum Gasteiger partial charge on any atom is -0.267 e. The number of hydrogen-bond donors (Lipinski definition) is 2. The summed E-state index contributed by atoms with van der Waals surface area (Å²) < 4.78 is 2.68. The Balaban J connectivity index is 1.67. The maximum absolute atomic E-state index is 12.5. The normalized spacial score (nSPS) is 10.4. The van der Waals surface area contributed by atoms with Crippen LogP contribution in [0.5, 0.6) is 0 Å². The average molecular weight is 427 g/mol. The van der Waals surface area contributed by atoms with Gasteiger partial charge in [0.15, 0.2) is 0 Å². The van der Waals surface area contributed by atoms with Crippen molar-refractivity contribution in [3.63, 3.8) is 0 Å². The van der Waals surface area contributed by atoms with Gasteiger partial charge in [0.25, 0.3) is 11.8 Å². The van der Waals surface area contributed by atoms with Gasteiger partial charge in [-0.25, -0.2) is 0 Å². The third-order valence-electron chi connectivity index (χ3n) is 4.10. The summed E-state index contributed by atoms with van der Waals surface area (Å²) in [6.45, 7) is 2.55. The zero-order chi connectivity index (χ0) is 19.2. The summed E-state index contributed by atoms with van der Waals surface area (Å²) in [6, 6.07) is 16.8. The van der Waals surface area contributed by atoms with Crippen molar-refractivity contribution in [1.29, 1.82) is 0 Å². The lowest BCUT2D eigenvalue weighted by Gasteiger charge is -2.10. The fourth-order valence-electron chi connectivity index (χ4n) is 2.72. The maximum atomic E-state index is 12.5. The lowest BCUT2D eigenvalue weighted by Crippen LogP contribution is -2.41. The van der Waals surface area contributed by atoms with E-state index < -0.39 is 5.91 Å². The van der Waals surface area contributed by atoms with Crippen molar-refractivity contribution in [2.75, 3.05) is 0 Å².